The number of carboxylic acid groups (broad SMARTS) is 1. The Bertz CT molecular complexity index is 483. The maximum absolute atomic E-state index is 11.7. The number of aliphatic carboxylic acids is 1. The maximum atomic E-state index is 11.7. The van der Waals surface area contributed by atoms with E-state index in [1.165, 1.54) is 0 Å². The Morgan fingerprint density at radius 1 is 1.24 bits per heavy atom. The van der Waals surface area contributed by atoms with Crippen LogP contribution in [0.2, 0.25) is 0 Å². The molecule has 1 rings (SSSR count). The van der Waals surface area contributed by atoms with Crippen molar-refractivity contribution < 1.29 is 19.4 Å². The summed E-state index contributed by atoms with van der Waals surface area (Å²) in [5, 5.41) is 13.9. The fourth-order valence-corrected chi connectivity index (χ4v) is 1.93. The number of carbonyl (C=O) groups is 2. The number of rotatable bonds is 7. The number of hydrogen-bond acceptors (Lipinski definition) is 3. The van der Waals surface area contributed by atoms with Crippen molar-refractivity contribution in [2.75, 3.05) is 13.7 Å². The number of benzene rings is 1. The van der Waals surface area contributed by atoms with Crippen LogP contribution in [0, 0.1) is 0 Å². The second-order valence-corrected chi connectivity index (χ2v) is 5.43. The van der Waals surface area contributed by atoms with Gasteiger partial charge in [0.1, 0.15) is 5.75 Å². The van der Waals surface area contributed by atoms with E-state index in [1.807, 2.05) is 38.1 Å². The van der Waals surface area contributed by atoms with Gasteiger partial charge in [-0.25, -0.2) is 4.79 Å². The Labute approximate surface area is 124 Å². The summed E-state index contributed by atoms with van der Waals surface area (Å²) in [5.74, 6) is -0.149. The van der Waals surface area contributed by atoms with Gasteiger partial charge in [0, 0.05) is 12.1 Å². The van der Waals surface area contributed by atoms with Gasteiger partial charge in [-0.15, -0.1) is 0 Å². The lowest BCUT2D eigenvalue weighted by molar-refractivity contribution is -0.136. The molecule has 0 aliphatic carbocycles. The molecule has 1 aromatic carbocycles. The van der Waals surface area contributed by atoms with E-state index in [1.54, 1.807) is 7.11 Å². The summed E-state index contributed by atoms with van der Waals surface area (Å²) in [6, 6.07) is 7.28. The number of amides is 2. The molecule has 0 spiro atoms. The zero-order valence-corrected chi connectivity index (χ0v) is 12.6. The molecule has 2 amide bonds. The Kier molecular flexibility index (Phi) is 6.02. The zero-order valence-electron chi connectivity index (χ0n) is 12.6. The first kappa shape index (κ1) is 16.8. The highest BCUT2D eigenvalue weighted by atomic mass is 16.5. The summed E-state index contributed by atoms with van der Waals surface area (Å²) in [7, 11) is 1.61. The van der Waals surface area contributed by atoms with Crippen LogP contribution >= 0.6 is 0 Å². The van der Waals surface area contributed by atoms with Gasteiger partial charge in [-0.1, -0.05) is 12.1 Å². The zero-order chi connectivity index (χ0) is 15.9. The average Bonchev–Trinajstić information content (AvgIpc) is 2.38. The second kappa shape index (κ2) is 7.52. The van der Waals surface area contributed by atoms with E-state index < -0.39 is 11.5 Å². The highest BCUT2D eigenvalue weighted by molar-refractivity contribution is 5.75. The van der Waals surface area contributed by atoms with Crippen LogP contribution in [0.3, 0.4) is 0 Å². The molecule has 0 aliphatic rings. The van der Waals surface area contributed by atoms with Crippen LogP contribution < -0.4 is 15.4 Å². The van der Waals surface area contributed by atoms with Gasteiger partial charge in [-0.3, -0.25) is 4.79 Å². The van der Waals surface area contributed by atoms with Gasteiger partial charge in [0.2, 0.25) is 0 Å². The number of hydrogen-bond donors (Lipinski definition) is 3. The molecule has 0 bridgehead atoms. The molecule has 0 heterocycles. The Balaban J connectivity index is 2.47. The summed E-state index contributed by atoms with van der Waals surface area (Å²) in [4.78, 5) is 22.1. The van der Waals surface area contributed by atoms with Crippen molar-refractivity contribution in [2.45, 2.75) is 32.2 Å². The molecule has 1 aromatic rings. The highest BCUT2D eigenvalue weighted by Crippen LogP contribution is 2.16. The van der Waals surface area contributed by atoms with Crippen LogP contribution in [-0.2, 0) is 11.2 Å². The molecule has 0 fully saturated rings. The smallest absolute Gasteiger partial charge is 0.315 e. The number of carbonyl (C=O) groups excluding carboxylic acids is 1. The molecular weight excluding hydrogens is 272 g/mol. The first-order valence-electron chi connectivity index (χ1n) is 6.73. The summed E-state index contributed by atoms with van der Waals surface area (Å²) in [6.45, 7) is 3.93. The third-order valence-electron chi connectivity index (χ3n) is 2.88. The predicted octanol–water partition coefficient (Wildman–Crippen LogP) is 1.79. The molecule has 0 saturated heterocycles. The molecule has 0 saturated carbocycles. The van der Waals surface area contributed by atoms with Crippen molar-refractivity contribution in [3.8, 4) is 5.75 Å². The van der Waals surface area contributed by atoms with E-state index in [0.29, 0.717) is 6.42 Å². The van der Waals surface area contributed by atoms with Gasteiger partial charge in [-0.05, 0) is 38.0 Å². The minimum absolute atomic E-state index is 0.0909. The molecule has 6 heteroatoms. The van der Waals surface area contributed by atoms with Crippen molar-refractivity contribution >= 4 is 12.0 Å². The summed E-state index contributed by atoms with van der Waals surface area (Å²) >= 11 is 0. The first-order valence-corrected chi connectivity index (χ1v) is 6.73. The standard InChI is InChI=1S/C15H22N2O4/c1-15(2,17-14(20)16-9-8-13(18)19)10-11-4-6-12(21-3)7-5-11/h4-7H,8-10H2,1-3H3,(H,18,19)(H2,16,17,20). The number of urea groups is 1. The van der Waals surface area contributed by atoms with Crippen molar-refractivity contribution in [3.63, 3.8) is 0 Å². The summed E-state index contributed by atoms with van der Waals surface area (Å²) in [5.41, 5.74) is 0.633. The fourth-order valence-electron chi connectivity index (χ4n) is 1.93. The van der Waals surface area contributed by atoms with Gasteiger partial charge in [0.25, 0.3) is 0 Å². The van der Waals surface area contributed by atoms with E-state index in [0.717, 1.165) is 11.3 Å². The normalized spacial score (nSPS) is 10.8. The third kappa shape index (κ3) is 6.65. The molecule has 116 valence electrons. The van der Waals surface area contributed by atoms with Crippen LogP contribution in [0.4, 0.5) is 4.79 Å². The average molecular weight is 294 g/mol. The Morgan fingerprint density at radius 2 is 1.86 bits per heavy atom. The van der Waals surface area contributed by atoms with Crippen molar-refractivity contribution in [1.29, 1.82) is 0 Å². The molecule has 6 nitrogen and oxygen atoms in total. The lowest BCUT2D eigenvalue weighted by Gasteiger charge is -2.26. The molecule has 21 heavy (non-hydrogen) atoms. The van der Waals surface area contributed by atoms with E-state index in [2.05, 4.69) is 10.6 Å². The van der Waals surface area contributed by atoms with E-state index in [9.17, 15) is 9.59 Å². The van der Waals surface area contributed by atoms with Gasteiger partial charge < -0.3 is 20.5 Å². The minimum Gasteiger partial charge on any atom is -0.497 e. The predicted molar refractivity (Wildman–Crippen MR) is 79.6 cm³/mol. The Morgan fingerprint density at radius 3 is 2.38 bits per heavy atom. The third-order valence-corrected chi connectivity index (χ3v) is 2.88. The van der Waals surface area contributed by atoms with E-state index in [4.69, 9.17) is 9.84 Å². The van der Waals surface area contributed by atoms with Crippen LogP contribution in [0.15, 0.2) is 24.3 Å². The molecule has 0 unspecified atom stereocenters. The number of ether oxygens (including phenoxy) is 1. The monoisotopic (exact) mass is 294 g/mol. The maximum Gasteiger partial charge on any atom is 0.315 e. The molecule has 3 N–H and O–H groups in total. The van der Waals surface area contributed by atoms with Gasteiger partial charge in [-0.2, -0.15) is 0 Å². The van der Waals surface area contributed by atoms with Crippen LogP contribution in [-0.4, -0.2) is 36.3 Å². The van der Waals surface area contributed by atoms with Crippen LogP contribution in [0.1, 0.15) is 25.8 Å². The molecular formula is C15H22N2O4. The highest BCUT2D eigenvalue weighted by Gasteiger charge is 2.20. The number of carboxylic acids is 1. The summed E-state index contributed by atoms with van der Waals surface area (Å²) < 4.78 is 5.10. The van der Waals surface area contributed by atoms with Crippen LogP contribution in [0.25, 0.3) is 0 Å². The quantitative estimate of drug-likeness (QED) is 0.715. The largest absolute Gasteiger partial charge is 0.497 e. The van der Waals surface area contributed by atoms with Gasteiger partial charge in [0.15, 0.2) is 0 Å². The van der Waals surface area contributed by atoms with E-state index >= 15 is 0 Å². The molecule has 0 aliphatic heterocycles. The van der Waals surface area contributed by atoms with E-state index in [-0.39, 0.29) is 19.0 Å². The van der Waals surface area contributed by atoms with Crippen molar-refractivity contribution in [2.24, 2.45) is 0 Å². The number of nitrogens with one attached hydrogen (secondary N) is 2. The lowest BCUT2D eigenvalue weighted by atomic mass is 9.95. The van der Waals surface area contributed by atoms with Gasteiger partial charge >= 0.3 is 12.0 Å². The van der Waals surface area contributed by atoms with Crippen molar-refractivity contribution in [3.05, 3.63) is 29.8 Å². The minimum atomic E-state index is -0.937. The second-order valence-electron chi connectivity index (χ2n) is 5.43. The number of methoxy groups -OCH3 is 1. The SMILES string of the molecule is COc1ccc(CC(C)(C)NC(=O)NCCC(=O)O)cc1. The van der Waals surface area contributed by atoms with Gasteiger partial charge in [0.05, 0.1) is 13.5 Å². The topological polar surface area (TPSA) is 87.7 Å². The lowest BCUT2D eigenvalue weighted by Crippen LogP contribution is -2.49. The first-order chi connectivity index (χ1) is 9.82. The van der Waals surface area contributed by atoms with Crippen molar-refractivity contribution in [1.82, 2.24) is 10.6 Å². The molecule has 0 atom stereocenters. The Hall–Kier alpha value is -2.24. The molecule has 0 radical (unpaired) electrons. The summed E-state index contributed by atoms with van der Waals surface area (Å²) in [6.07, 6.45) is 0.565. The molecule has 0 aromatic heterocycles. The fraction of sp³-hybridized carbons (Fsp3) is 0.467. The van der Waals surface area contributed by atoms with Crippen LogP contribution in [0.5, 0.6) is 5.75 Å².